The van der Waals surface area contributed by atoms with Crippen molar-refractivity contribution in [3.05, 3.63) is 48.3 Å². The lowest BCUT2D eigenvalue weighted by atomic mass is 10.1. The Bertz CT molecular complexity index is 780. The van der Waals surface area contributed by atoms with Gasteiger partial charge in [0.25, 0.3) is 0 Å². The van der Waals surface area contributed by atoms with Gasteiger partial charge in [0.1, 0.15) is 12.6 Å². The van der Waals surface area contributed by atoms with Crippen molar-refractivity contribution in [1.82, 2.24) is 20.0 Å². The number of aromatic nitrogens is 2. The maximum atomic E-state index is 12.2. The monoisotopic (exact) mass is 498 g/mol. The molecule has 1 aromatic carbocycles. The van der Waals surface area contributed by atoms with E-state index in [-0.39, 0.29) is 42.5 Å². The van der Waals surface area contributed by atoms with Crippen molar-refractivity contribution in [1.29, 1.82) is 0 Å². The van der Waals surface area contributed by atoms with Crippen molar-refractivity contribution in [3.8, 4) is 0 Å². The first-order chi connectivity index (χ1) is 13.2. The molecule has 0 saturated carbocycles. The second kappa shape index (κ2) is 11.0. The Labute approximate surface area is 182 Å². The normalized spacial score (nSPS) is 17.0. The van der Waals surface area contributed by atoms with Gasteiger partial charge >= 0.3 is 0 Å². The number of nitrogens with zero attached hydrogens (tertiary/aromatic N) is 4. The van der Waals surface area contributed by atoms with Crippen LogP contribution < -0.4 is 10.6 Å². The maximum Gasteiger partial charge on any atom is 0.246 e. The first kappa shape index (κ1) is 22.2. The highest BCUT2D eigenvalue weighted by Gasteiger charge is 2.25. The molecule has 9 heteroatoms. The SMILES string of the molecule is CCNC(=NCC(=O)Nc1ccccc1)N1CCOC(c2cnn(C)c2)C1.I. The van der Waals surface area contributed by atoms with Gasteiger partial charge in [-0.25, -0.2) is 4.99 Å². The topological polar surface area (TPSA) is 83.8 Å². The van der Waals surface area contributed by atoms with Gasteiger partial charge < -0.3 is 20.3 Å². The van der Waals surface area contributed by atoms with E-state index in [0.717, 1.165) is 30.3 Å². The summed E-state index contributed by atoms with van der Waals surface area (Å²) in [6.07, 6.45) is 3.73. The highest BCUT2D eigenvalue weighted by Crippen LogP contribution is 2.21. The number of aryl methyl sites for hydroxylation is 1. The number of para-hydroxylation sites is 1. The van der Waals surface area contributed by atoms with Gasteiger partial charge in [-0.05, 0) is 19.1 Å². The quantitative estimate of drug-likeness (QED) is 0.375. The van der Waals surface area contributed by atoms with Crippen molar-refractivity contribution in [2.45, 2.75) is 13.0 Å². The molecular weight excluding hydrogens is 471 g/mol. The fraction of sp³-hybridized carbons (Fsp3) is 0.421. The number of carbonyl (C=O) groups is 1. The lowest BCUT2D eigenvalue weighted by Gasteiger charge is -2.34. The average molecular weight is 498 g/mol. The molecule has 8 nitrogen and oxygen atoms in total. The number of carbonyl (C=O) groups excluding carboxylic acids is 1. The first-order valence-corrected chi connectivity index (χ1v) is 9.14. The second-order valence-corrected chi connectivity index (χ2v) is 6.34. The number of halogens is 1. The second-order valence-electron chi connectivity index (χ2n) is 6.34. The number of rotatable bonds is 5. The highest BCUT2D eigenvalue weighted by atomic mass is 127. The van der Waals surface area contributed by atoms with Crippen LogP contribution in [-0.4, -0.2) is 59.3 Å². The lowest BCUT2D eigenvalue weighted by Crippen LogP contribution is -2.48. The summed E-state index contributed by atoms with van der Waals surface area (Å²) >= 11 is 0. The van der Waals surface area contributed by atoms with Crippen molar-refractivity contribution in [3.63, 3.8) is 0 Å². The van der Waals surface area contributed by atoms with Gasteiger partial charge in [0.15, 0.2) is 5.96 Å². The molecule has 1 aliphatic heterocycles. The van der Waals surface area contributed by atoms with Crippen molar-refractivity contribution >= 4 is 41.5 Å². The molecule has 0 bridgehead atoms. The molecule has 2 N–H and O–H groups in total. The fourth-order valence-electron chi connectivity index (χ4n) is 2.94. The molecule has 2 heterocycles. The molecular formula is C19H27IN6O2. The number of amides is 1. The van der Waals surface area contributed by atoms with E-state index in [0.29, 0.717) is 13.2 Å². The summed E-state index contributed by atoms with van der Waals surface area (Å²) in [6, 6.07) is 9.39. The molecule has 1 aliphatic rings. The number of anilines is 1. The van der Waals surface area contributed by atoms with E-state index >= 15 is 0 Å². The predicted molar refractivity (Wildman–Crippen MR) is 120 cm³/mol. The van der Waals surface area contributed by atoms with Gasteiger partial charge in [0.2, 0.25) is 5.91 Å². The van der Waals surface area contributed by atoms with Crippen LogP contribution in [0.15, 0.2) is 47.7 Å². The summed E-state index contributed by atoms with van der Waals surface area (Å²) in [5, 5.41) is 10.3. The molecule has 3 rings (SSSR count). The van der Waals surface area contributed by atoms with Crippen LogP contribution in [-0.2, 0) is 16.6 Å². The number of guanidine groups is 1. The summed E-state index contributed by atoms with van der Waals surface area (Å²) in [6.45, 7) is 4.79. The highest BCUT2D eigenvalue weighted by molar-refractivity contribution is 14.0. The van der Waals surface area contributed by atoms with Gasteiger partial charge in [-0.3, -0.25) is 9.48 Å². The molecule has 2 aromatic rings. The van der Waals surface area contributed by atoms with Gasteiger partial charge in [-0.1, -0.05) is 18.2 Å². The zero-order chi connectivity index (χ0) is 19.1. The van der Waals surface area contributed by atoms with Gasteiger partial charge in [-0.15, -0.1) is 24.0 Å². The minimum Gasteiger partial charge on any atom is -0.370 e. The minimum atomic E-state index is -0.145. The van der Waals surface area contributed by atoms with E-state index < -0.39 is 0 Å². The number of ether oxygens (including phenoxy) is 1. The Hall–Kier alpha value is -2.14. The van der Waals surface area contributed by atoms with Crippen LogP contribution in [0.25, 0.3) is 0 Å². The Balaban J connectivity index is 0.00000280. The summed E-state index contributed by atoms with van der Waals surface area (Å²) in [5.74, 6) is 0.576. The molecule has 1 aromatic heterocycles. The van der Waals surface area contributed by atoms with Gasteiger partial charge in [-0.2, -0.15) is 5.10 Å². The summed E-state index contributed by atoms with van der Waals surface area (Å²) in [7, 11) is 1.89. The molecule has 1 unspecified atom stereocenters. The van der Waals surface area contributed by atoms with Crippen LogP contribution in [0.4, 0.5) is 5.69 Å². The van der Waals surface area contributed by atoms with Crippen molar-refractivity contribution in [2.24, 2.45) is 12.0 Å². The molecule has 0 radical (unpaired) electrons. The van der Waals surface area contributed by atoms with E-state index in [4.69, 9.17) is 4.74 Å². The summed E-state index contributed by atoms with van der Waals surface area (Å²) in [5.41, 5.74) is 1.81. The van der Waals surface area contributed by atoms with Crippen LogP contribution in [0, 0.1) is 0 Å². The zero-order valence-electron chi connectivity index (χ0n) is 16.2. The zero-order valence-corrected chi connectivity index (χ0v) is 18.5. The largest absolute Gasteiger partial charge is 0.370 e. The average Bonchev–Trinajstić information content (AvgIpc) is 3.12. The predicted octanol–water partition coefficient (Wildman–Crippen LogP) is 2.02. The Morgan fingerprint density at radius 3 is 2.82 bits per heavy atom. The number of morpholine rings is 1. The molecule has 1 fully saturated rings. The van der Waals surface area contributed by atoms with Crippen LogP contribution >= 0.6 is 24.0 Å². The smallest absolute Gasteiger partial charge is 0.246 e. The van der Waals surface area contributed by atoms with E-state index in [9.17, 15) is 4.79 Å². The third kappa shape index (κ3) is 6.20. The van der Waals surface area contributed by atoms with Crippen molar-refractivity contribution in [2.75, 3.05) is 38.1 Å². The number of hydrogen-bond donors (Lipinski definition) is 2. The van der Waals surface area contributed by atoms with E-state index in [1.54, 1.807) is 4.68 Å². The first-order valence-electron chi connectivity index (χ1n) is 9.14. The molecule has 1 saturated heterocycles. The Morgan fingerprint density at radius 1 is 1.36 bits per heavy atom. The third-order valence-corrected chi connectivity index (χ3v) is 4.23. The van der Waals surface area contributed by atoms with Crippen molar-refractivity contribution < 1.29 is 9.53 Å². The van der Waals surface area contributed by atoms with E-state index in [1.165, 1.54) is 0 Å². The van der Waals surface area contributed by atoms with E-state index in [2.05, 4.69) is 25.6 Å². The molecule has 0 spiro atoms. The lowest BCUT2D eigenvalue weighted by molar-refractivity contribution is -0.114. The van der Waals surface area contributed by atoms with Crippen LogP contribution in [0.2, 0.25) is 0 Å². The number of aliphatic imine (C=N–C) groups is 1. The minimum absolute atomic E-state index is 0. The third-order valence-electron chi connectivity index (χ3n) is 4.23. The van der Waals surface area contributed by atoms with Crippen LogP contribution in [0.1, 0.15) is 18.6 Å². The molecule has 1 amide bonds. The summed E-state index contributed by atoms with van der Waals surface area (Å²) < 4.78 is 7.65. The standard InChI is InChI=1S/C19H26N6O2.HI/c1-3-20-19(21-12-18(26)23-16-7-5-4-6-8-16)25-9-10-27-17(14-25)15-11-22-24(2)13-15;/h4-8,11,13,17H,3,9-10,12,14H2,1-2H3,(H,20,21)(H,23,26);1H. The van der Waals surface area contributed by atoms with Crippen LogP contribution in [0.5, 0.6) is 0 Å². The molecule has 28 heavy (non-hydrogen) atoms. The maximum absolute atomic E-state index is 12.2. The van der Waals surface area contributed by atoms with E-state index in [1.807, 2.05) is 56.7 Å². The fourth-order valence-corrected chi connectivity index (χ4v) is 2.94. The van der Waals surface area contributed by atoms with Gasteiger partial charge in [0, 0.05) is 37.6 Å². The molecule has 152 valence electrons. The molecule has 1 atom stereocenters. The van der Waals surface area contributed by atoms with Gasteiger partial charge in [0.05, 0.1) is 19.3 Å². The number of nitrogens with one attached hydrogen (secondary N) is 2. The van der Waals surface area contributed by atoms with Crippen LogP contribution in [0.3, 0.4) is 0 Å². The number of benzene rings is 1. The number of hydrogen-bond acceptors (Lipinski definition) is 4. The summed E-state index contributed by atoms with van der Waals surface area (Å²) in [4.78, 5) is 18.8. The Kier molecular flexibility index (Phi) is 8.71. The Morgan fingerprint density at radius 2 is 2.14 bits per heavy atom. The molecule has 0 aliphatic carbocycles.